The SMILES string of the molecule is Cc1cc(C(=O)N2CCCc3c(N)cccc32)ccc1F. The van der Waals surface area contributed by atoms with Gasteiger partial charge in [-0.15, -0.1) is 0 Å². The van der Waals surface area contributed by atoms with Crippen molar-refractivity contribution in [2.24, 2.45) is 0 Å². The zero-order chi connectivity index (χ0) is 15.0. The second-order valence-electron chi connectivity index (χ2n) is 5.37. The number of carbonyl (C=O) groups excluding carboxylic acids is 1. The number of anilines is 2. The molecule has 1 aliphatic heterocycles. The highest BCUT2D eigenvalue weighted by molar-refractivity contribution is 6.07. The lowest BCUT2D eigenvalue weighted by Gasteiger charge is -2.30. The summed E-state index contributed by atoms with van der Waals surface area (Å²) in [6, 6.07) is 10.1. The Kier molecular flexibility index (Phi) is 3.37. The highest BCUT2D eigenvalue weighted by Crippen LogP contribution is 2.32. The molecule has 1 amide bonds. The van der Waals surface area contributed by atoms with Gasteiger partial charge in [0.2, 0.25) is 0 Å². The van der Waals surface area contributed by atoms with Crippen LogP contribution in [-0.2, 0) is 6.42 Å². The fraction of sp³-hybridized carbons (Fsp3) is 0.235. The van der Waals surface area contributed by atoms with E-state index in [4.69, 9.17) is 5.73 Å². The molecular weight excluding hydrogens is 267 g/mol. The van der Waals surface area contributed by atoms with Gasteiger partial charge in [-0.2, -0.15) is 0 Å². The number of amides is 1. The molecule has 2 aromatic carbocycles. The lowest BCUT2D eigenvalue weighted by molar-refractivity contribution is 0.0985. The number of nitrogen functional groups attached to an aromatic ring is 1. The smallest absolute Gasteiger partial charge is 0.258 e. The Hall–Kier alpha value is -2.36. The minimum Gasteiger partial charge on any atom is -0.398 e. The van der Waals surface area contributed by atoms with Crippen molar-refractivity contribution >= 4 is 17.3 Å². The molecule has 0 saturated carbocycles. The van der Waals surface area contributed by atoms with Crippen LogP contribution in [-0.4, -0.2) is 12.5 Å². The normalized spacial score (nSPS) is 13.9. The monoisotopic (exact) mass is 284 g/mol. The van der Waals surface area contributed by atoms with Gasteiger partial charge in [0.1, 0.15) is 5.82 Å². The molecule has 0 saturated heterocycles. The molecule has 1 heterocycles. The third kappa shape index (κ3) is 2.37. The molecule has 0 atom stereocenters. The second-order valence-corrected chi connectivity index (χ2v) is 5.37. The van der Waals surface area contributed by atoms with Crippen molar-refractivity contribution in [2.45, 2.75) is 19.8 Å². The number of hydrogen-bond donors (Lipinski definition) is 1. The first-order chi connectivity index (χ1) is 10.1. The first-order valence-electron chi connectivity index (χ1n) is 7.03. The minimum absolute atomic E-state index is 0.107. The molecule has 1 aliphatic rings. The number of carbonyl (C=O) groups is 1. The van der Waals surface area contributed by atoms with Crippen LogP contribution in [0.5, 0.6) is 0 Å². The Bertz CT molecular complexity index is 712. The fourth-order valence-corrected chi connectivity index (χ4v) is 2.80. The van der Waals surface area contributed by atoms with Crippen LogP contribution < -0.4 is 10.6 Å². The predicted octanol–water partition coefficient (Wildman–Crippen LogP) is 3.31. The van der Waals surface area contributed by atoms with Crippen molar-refractivity contribution < 1.29 is 9.18 Å². The molecule has 2 aromatic rings. The molecule has 0 radical (unpaired) electrons. The maximum Gasteiger partial charge on any atom is 0.258 e. The summed E-state index contributed by atoms with van der Waals surface area (Å²) in [7, 11) is 0. The standard InChI is InChI=1S/C17H17FN2O/c1-11-10-12(7-8-14(11)18)17(21)20-9-3-4-13-15(19)5-2-6-16(13)20/h2,5-8,10H,3-4,9,19H2,1H3. The topological polar surface area (TPSA) is 46.3 Å². The number of rotatable bonds is 1. The summed E-state index contributed by atoms with van der Waals surface area (Å²) < 4.78 is 13.4. The quantitative estimate of drug-likeness (QED) is 0.817. The van der Waals surface area contributed by atoms with E-state index in [2.05, 4.69) is 0 Å². The van der Waals surface area contributed by atoms with Gasteiger partial charge < -0.3 is 10.6 Å². The molecule has 0 aromatic heterocycles. The van der Waals surface area contributed by atoms with Crippen molar-refractivity contribution in [3.05, 3.63) is 58.9 Å². The van der Waals surface area contributed by atoms with E-state index in [9.17, 15) is 9.18 Å². The Balaban J connectivity index is 2.00. The Morgan fingerprint density at radius 3 is 2.86 bits per heavy atom. The van der Waals surface area contributed by atoms with E-state index in [1.54, 1.807) is 17.9 Å². The molecule has 3 rings (SSSR count). The summed E-state index contributed by atoms with van der Waals surface area (Å²) in [4.78, 5) is 14.4. The zero-order valence-electron chi connectivity index (χ0n) is 11.9. The Morgan fingerprint density at radius 1 is 1.29 bits per heavy atom. The van der Waals surface area contributed by atoms with Crippen LogP contribution in [0.25, 0.3) is 0 Å². The maximum absolute atomic E-state index is 13.4. The van der Waals surface area contributed by atoms with Crippen LogP contribution in [0.4, 0.5) is 15.8 Å². The van der Waals surface area contributed by atoms with Gasteiger partial charge in [-0.3, -0.25) is 4.79 Å². The molecule has 0 spiro atoms. The van der Waals surface area contributed by atoms with E-state index >= 15 is 0 Å². The largest absolute Gasteiger partial charge is 0.398 e. The van der Waals surface area contributed by atoms with Crippen molar-refractivity contribution in [3.63, 3.8) is 0 Å². The molecule has 0 aliphatic carbocycles. The predicted molar refractivity (Wildman–Crippen MR) is 82.0 cm³/mol. The van der Waals surface area contributed by atoms with Gasteiger partial charge in [0, 0.05) is 23.5 Å². The van der Waals surface area contributed by atoms with E-state index in [1.165, 1.54) is 12.1 Å². The Labute approximate surface area is 123 Å². The minimum atomic E-state index is -0.296. The van der Waals surface area contributed by atoms with Gasteiger partial charge >= 0.3 is 0 Å². The first kappa shape index (κ1) is 13.6. The van der Waals surface area contributed by atoms with Gasteiger partial charge in [-0.1, -0.05) is 6.07 Å². The lowest BCUT2D eigenvalue weighted by Crippen LogP contribution is -2.35. The highest BCUT2D eigenvalue weighted by Gasteiger charge is 2.24. The van der Waals surface area contributed by atoms with Crippen molar-refractivity contribution in [1.29, 1.82) is 0 Å². The van der Waals surface area contributed by atoms with Crippen LogP contribution in [0.1, 0.15) is 27.9 Å². The lowest BCUT2D eigenvalue weighted by atomic mass is 9.99. The number of halogens is 1. The van der Waals surface area contributed by atoms with E-state index in [0.29, 0.717) is 17.7 Å². The van der Waals surface area contributed by atoms with Crippen molar-refractivity contribution in [3.8, 4) is 0 Å². The number of aryl methyl sites for hydroxylation is 1. The third-order valence-corrected chi connectivity index (χ3v) is 3.94. The third-order valence-electron chi connectivity index (χ3n) is 3.94. The molecule has 2 N–H and O–H groups in total. The summed E-state index contributed by atoms with van der Waals surface area (Å²) in [5.41, 5.74) is 9.60. The van der Waals surface area contributed by atoms with Crippen LogP contribution in [0.3, 0.4) is 0 Å². The molecule has 3 nitrogen and oxygen atoms in total. The highest BCUT2D eigenvalue weighted by atomic mass is 19.1. The summed E-state index contributed by atoms with van der Waals surface area (Å²) in [6.45, 7) is 2.32. The van der Waals surface area contributed by atoms with Crippen LogP contribution in [0, 0.1) is 12.7 Å². The van der Waals surface area contributed by atoms with Crippen molar-refractivity contribution in [1.82, 2.24) is 0 Å². The summed E-state index contributed by atoms with van der Waals surface area (Å²) in [6.07, 6.45) is 1.77. The van der Waals surface area contributed by atoms with Crippen LogP contribution in [0.15, 0.2) is 36.4 Å². The van der Waals surface area contributed by atoms with E-state index in [0.717, 1.165) is 29.8 Å². The number of nitrogens with two attached hydrogens (primary N) is 1. The molecule has 21 heavy (non-hydrogen) atoms. The van der Waals surface area contributed by atoms with Gasteiger partial charge in [0.25, 0.3) is 5.91 Å². The van der Waals surface area contributed by atoms with Gasteiger partial charge in [-0.25, -0.2) is 4.39 Å². The van der Waals surface area contributed by atoms with Crippen LogP contribution in [0.2, 0.25) is 0 Å². The average Bonchev–Trinajstić information content (AvgIpc) is 2.49. The Morgan fingerprint density at radius 2 is 2.10 bits per heavy atom. The second kappa shape index (κ2) is 5.20. The molecule has 0 fully saturated rings. The number of fused-ring (bicyclic) bond motifs is 1. The van der Waals surface area contributed by atoms with E-state index in [1.807, 2.05) is 18.2 Å². The van der Waals surface area contributed by atoms with Gasteiger partial charge in [0.15, 0.2) is 0 Å². The van der Waals surface area contributed by atoms with Gasteiger partial charge in [0.05, 0.1) is 0 Å². The molecule has 4 heteroatoms. The summed E-state index contributed by atoms with van der Waals surface area (Å²) >= 11 is 0. The maximum atomic E-state index is 13.4. The van der Waals surface area contributed by atoms with Gasteiger partial charge in [-0.05, 0) is 61.2 Å². The van der Waals surface area contributed by atoms with E-state index in [-0.39, 0.29) is 11.7 Å². The fourth-order valence-electron chi connectivity index (χ4n) is 2.80. The molecule has 0 bridgehead atoms. The average molecular weight is 284 g/mol. The number of nitrogens with zero attached hydrogens (tertiary/aromatic N) is 1. The molecular formula is C17H17FN2O. The number of benzene rings is 2. The van der Waals surface area contributed by atoms with Crippen molar-refractivity contribution in [2.75, 3.05) is 17.2 Å². The van der Waals surface area contributed by atoms with E-state index < -0.39 is 0 Å². The van der Waals surface area contributed by atoms with Crippen LogP contribution >= 0.6 is 0 Å². The first-order valence-corrected chi connectivity index (χ1v) is 7.03. The molecule has 0 unspecified atom stereocenters. The summed E-state index contributed by atoms with van der Waals surface area (Å²) in [5, 5.41) is 0. The molecule has 108 valence electrons. The number of hydrogen-bond acceptors (Lipinski definition) is 2. The zero-order valence-corrected chi connectivity index (χ0v) is 11.9. The summed E-state index contributed by atoms with van der Waals surface area (Å²) in [5.74, 6) is -0.403.